The van der Waals surface area contributed by atoms with Crippen molar-refractivity contribution in [3.63, 3.8) is 0 Å². The van der Waals surface area contributed by atoms with Gasteiger partial charge in [0, 0.05) is 4.83 Å². The summed E-state index contributed by atoms with van der Waals surface area (Å²) in [5.41, 5.74) is 4.66. The predicted molar refractivity (Wildman–Crippen MR) is 73.3 cm³/mol. The summed E-state index contributed by atoms with van der Waals surface area (Å²) in [5, 5.41) is 10.2. The van der Waals surface area contributed by atoms with Crippen molar-refractivity contribution >= 4 is 15.9 Å². The highest BCUT2D eigenvalue weighted by Gasteiger charge is 2.31. The molecule has 1 N–H and O–H groups in total. The monoisotopic (exact) mass is 288 g/mol. The van der Waals surface area contributed by atoms with Crippen LogP contribution >= 0.6 is 15.9 Å². The molecule has 2 atom stereocenters. The molecule has 3 rings (SSSR count). The number of fused-ring (bicyclic) bond motifs is 1. The fourth-order valence-electron chi connectivity index (χ4n) is 2.51. The number of hydrogen-bond acceptors (Lipinski definition) is 1. The molecule has 1 aliphatic carbocycles. The number of halogens is 1. The third-order valence-electron chi connectivity index (χ3n) is 3.33. The molecule has 86 valence electrons. The Labute approximate surface area is 109 Å². The lowest BCUT2D eigenvalue weighted by Crippen LogP contribution is -2.05. The zero-order valence-corrected chi connectivity index (χ0v) is 10.9. The fourth-order valence-corrected chi connectivity index (χ4v) is 3.13. The van der Waals surface area contributed by atoms with E-state index >= 15 is 0 Å². The summed E-state index contributed by atoms with van der Waals surface area (Å²) >= 11 is 3.54. The van der Waals surface area contributed by atoms with Gasteiger partial charge in [0.15, 0.2) is 0 Å². The van der Waals surface area contributed by atoms with Crippen molar-refractivity contribution in [1.29, 1.82) is 0 Å². The average Bonchev–Trinajstić information content (AvgIpc) is 2.66. The van der Waals surface area contributed by atoms with Crippen LogP contribution in [-0.4, -0.2) is 9.93 Å². The van der Waals surface area contributed by atoms with Crippen molar-refractivity contribution < 1.29 is 5.11 Å². The van der Waals surface area contributed by atoms with Crippen molar-refractivity contribution in [3.05, 3.63) is 59.7 Å². The van der Waals surface area contributed by atoms with E-state index in [-0.39, 0.29) is 4.83 Å². The second-order valence-corrected chi connectivity index (χ2v) is 5.59. The maximum Gasteiger partial charge on any atom is 0.0926 e. The van der Waals surface area contributed by atoms with E-state index in [0.717, 1.165) is 17.5 Å². The van der Waals surface area contributed by atoms with Crippen LogP contribution in [0.1, 0.15) is 17.2 Å². The van der Waals surface area contributed by atoms with E-state index in [1.54, 1.807) is 0 Å². The van der Waals surface area contributed by atoms with E-state index in [2.05, 4.69) is 46.3 Å². The number of alkyl halides is 1. The highest BCUT2D eigenvalue weighted by Crippen LogP contribution is 2.41. The molecule has 17 heavy (non-hydrogen) atoms. The summed E-state index contributed by atoms with van der Waals surface area (Å²) in [5.74, 6) is 0. The normalized spacial score (nSPS) is 22.5. The van der Waals surface area contributed by atoms with Crippen molar-refractivity contribution in [1.82, 2.24) is 0 Å². The minimum atomic E-state index is -0.401. The summed E-state index contributed by atoms with van der Waals surface area (Å²) in [4.78, 5) is 0.141. The topological polar surface area (TPSA) is 20.2 Å². The second-order valence-electron chi connectivity index (χ2n) is 4.41. The maximum atomic E-state index is 10.2. The zero-order chi connectivity index (χ0) is 11.8. The van der Waals surface area contributed by atoms with E-state index in [4.69, 9.17) is 0 Å². The lowest BCUT2D eigenvalue weighted by atomic mass is 9.96. The molecule has 0 bridgehead atoms. The lowest BCUT2D eigenvalue weighted by Gasteiger charge is -2.13. The highest BCUT2D eigenvalue weighted by molar-refractivity contribution is 9.09. The molecule has 1 aliphatic rings. The molecule has 0 aromatic heterocycles. The molecule has 2 unspecified atom stereocenters. The van der Waals surface area contributed by atoms with Crippen molar-refractivity contribution in [2.45, 2.75) is 17.4 Å². The molecule has 2 aromatic carbocycles. The van der Waals surface area contributed by atoms with Gasteiger partial charge in [0.1, 0.15) is 0 Å². The van der Waals surface area contributed by atoms with Crippen molar-refractivity contribution in [2.24, 2.45) is 0 Å². The molecular weight excluding hydrogens is 276 g/mol. The van der Waals surface area contributed by atoms with Crippen LogP contribution in [0, 0.1) is 0 Å². The Morgan fingerprint density at radius 1 is 1.00 bits per heavy atom. The van der Waals surface area contributed by atoms with Crippen LogP contribution in [0.4, 0.5) is 0 Å². The summed E-state index contributed by atoms with van der Waals surface area (Å²) in [7, 11) is 0. The Morgan fingerprint density at radius 2 is 1.76 bits per heavy atom. The van der Waals surface area contributed by atoms with Gasteiger partial charge in [-0.15, -0.1) is 0 Å². The molecular formula is C15H13BrO. The smallest absolute Gasteiger partial charge is 0.0926 e. The molecule has 0 aliphatic heterocycles. The third-order valence-corrected chi connectivity index (χ3v) is 4.16. The van der Waals surface area contributed by atoms with Crippen molar-refractivity contribution in [3.8, 4) is 11.1 Å². The molecule has 0 heterocycles. The van der Waals surface area contributed by atoms with Gasteiger partial charge in [-0.25, -0.2) is 0 Å². The Hall–Kier alpha value is -1.12. The SMILES string of the molecule is OC1c2c(cccc2-c2ccccc2)CC1Br. The lowest BCUT2D eigenvalue weighted by molar-refractivity contribution is 0.188. The van der Waals surface area contributed by atoms with Crippen LogP contribution in [0.15, 0.2) is 48.5 Å². The van der Waals surface area contributed by atoms with Crippen LogP contribution < -0.4 is 0 Å². The molecule has 0 amide bonds. The fraction of sp³-hybridized carbons (Fsp3) is 0.200. The van der Waals surface area contributed by atoms with Gasteiger partial charge < -0.3 is 5.11 Å². The number of aliphatic hydroxyl groups is 1. The first kappa shape index (κ1) is 11.0. The third kappa shape index (κ3) is 1.81. The van der Waals surface area contributed by atoms with Gasteiger partial charge in [-0.05, 0) is 28.7 Å². The zero-order valence-electron chi connectivity index (χ0n) is 9.31. The number of rotatable bonds is 1. The number of hydrogen-bond donors (Lipinski definition) is 1. The van der Waals surface area contributed by atoms with Crippen LogP contribution in [-0.2, 0) is 6.42 Å². The standard InChI is InChI=1S/C15H13BrO/c16-13-9-11-7-4-8-12(14(11)15(13)17)10-5-2-1-3-6-10/h1-8,13,15,17H,9H2. The molecule has 2 heteroatoms. The molecule has 0 saturated carbocycles. The average molecular weight is 289 g/mol. The van der Waals surface area contributed by atoms with Crippen LogP contribution in [0.5, 0.6) is 0 Å². The van der Waals surface area contributed by atoms with Gasteiger partial charge in [-0.1, -0.05) is 64.5 Å². The molecule has 0 radical (unpaired) electrons. The maximum absolute atomic E-state index is 10.2. The van der Waals surface area contributed by atoms with Crippen molar-refractivity contribution in [2.75, 3.05) is 0 Å². The van der Waals surface area contributed by atoms with E-state index in [0.29, 0.717) is 0 Å². The Bertz CT molecular complexity index is 536. The summed E-state index contributed by atoms with van der Waals surface area (Å²) in [6.45, 7) is 0. The molecule has 0 spiro atoms. The summed E-state index contributed by atoms with van der Waals surface area (Å²) in [6.07, 6.45) is 0.498. The first-order valence-electron chi connectivity index (χ1n) is 5.76. The predicted octanol–water partition coefficient (Wildman–Crippen LogP) is 3.71. The van der Waals surface area contributed by atoms with Gasteiger partial charge in [0.25, 0.3) is 0 Å². The van der Waals surface area contributed by atoms with Crippen LogP contribution in [0.2, 0.25) is 0 Å². The first-order valence-corrected chi connectivity index (χ1v) is 6.68. The Morgan fingerprint density at radius 3 is 2.53 bits per heavy atom. The highest BCUT2D eigenvalue weighted by atomic mass is 79.9. The van der Waals surface area contributed by atoms with Gasteiger partial charge in [-0.2, -0.15) is 0 Å². The van der Waals surface area contributed by atoms with Crippen LogP contribution in [0.25, 0.3) is 11.1 Å². The largest absolute Gasteiger partial charge is 0.387 e. The summed E-state index contributed by atoms with van der Waals surface area (Å²) < 4.78 is 0. The van der Waals surface area contributed by atoms with Gasteiger partial charge >= 0.3 is 0 Å². The number of aliphatic hydroxyl groups excluding tert-OH is 1. The van der Waals surface area contributed by atoms with Crippen LogP contribution in [0.3, 0.4) is 0 Å². The quantitative estimate of drug-likeness (QED) is 0.794. The van der Waals surface area contributed by atoms with E-state index in [1.807, 2.05) is 18.2 Å². The summed E-state index contributed by atoms with van der Waals surface area (Å²) in [6, 6.07) is 16.5. The first-order chi connectivity index (χ1) is 8.27. The number of benzene rings is 2. The van der Waals surface area contributed by atoms with E-state index < -0.39 is 6.10 Å². The van der Waals surface area contributed by atoms with Gasteiger partial charge in [0.05, 0.1) is 6.10 Å². The molecule has 2 aromatic rings. The molecule has 1 nitrogen and oxygen atoms in total. The second kappa shape index (κ2) is 4.28. The van der Waals surface area contributed by atoms with E-state index in [9.17, 15) is 5.11 Å². The molecule has 0 saturated heterocycles. The molecule has 0 fully saturated rings. The Kier molecular flexibility index (Phi) is 2.77. The Balaban J connectivity index is 2.18. The van der Waals surface area contributed by atoms with E-state index in [1.165, 1.54) is 11.1 Å². The minimum absolute atomic E-state index is 0.141. The minimum Gasteiger partial charge on any atom is -0.387 e. The van der Waals surface area contributed by atoms with Gasteiger partial charge in [0.2, 0.25) is 0 Å². The van der Waals surface area contributed by atoms with Gasteiger partial charge in [-0.3, -0.25) is 0 Å².